The highest BCUT2D eigenvalue weighted by Crippen LogP contribution is 2.55. The Morgan fingerprint density at radius 1 is 1.00 bits per heavy atom. The van der Waals surface area contributed by atoms with E-state index in [2.05, 4.69) is 39.6 Å². The number of thiazole rings is 1. The number of hydrogen-bond donors (Lipinski definition) is 1. The van der Waals surface area contributed by atoms with Crippen LogP contribution >= 0.6 is 11.3 Å². The van der Waals surface area contributed by atoms with Gasteiger partial charge in [0.25, 0.3) is 0 Å². The van der Waals surface area contributed by atoms with E-state index in [0.717, 1.165) is 46.1 Å². The molecule has 32 heavy (non-hydrogen) atoms. The Balaban J connectivity index is 1.43. The van der Waals surface area contributed by atoms with Crippen molar-refractivity contribution in [1.82, 2.24) is 15.0 Å². The van der Waals surface area contributed by atoms with E-state index in [9.17, 15) is 13.2 Å². The van der Waals surface area contributed by atoms with Crippen molar-refractivity contribution in [2.24, 2.45) is 0 Å². The molecule has 1 saturated carbocycles. The Morgan fingerprint density at radius 2 is 1.78 bits per heavy atom. The number of halogens is 3. The fourth-order valence-corrected chi connectivity index (χ4v) is 5.01. The van der Waals surface area contributed by atoms with E-state index in [4.69, 9.17) is 4.98 Å². The van der Waals surface area contributed by atoms with Crippen molar-refractivity contribution in [2.45, 2.75) is 31.4 Å². The van der Waals surface area contributed by atoms with Crippen LogP contribution in [-0.2, 0) is 11.6 Å². The fourth-order valence-electron chi connectivity index (χ4n) is 3.84. The van der Waals surface area contributed by atoms with Crippen LogP contribution in [0, 0.1) is 6.92 Å². The van der Waals surface area contributed by atoms with Crippen LogP contribution in [0.4, 0.5) is 24.8 Å². The zero-order chi connectivity index (χ0) is 22.3. The second-order valence-corrected chi connectivity index (χ2v) is 8.98. The molecule has 1 aliphatic rings. The number of aryl methyl sites for hydroxylation is 1. The first-order valence-corrected chi connectivity index (χ1v) is 11.0. The van der Waals surface area contributed by atoms with Gasteiger partial charge < -0.3 is 5.32 Å². The number of rotatable bonds is 5. The predicted molar refractivity (Wildman–Crippen MR) is 119 cm³/mol. The average molecular weight is 453 g/mol. The van der Waals surface area contributed by atoms with E-state index in [0.29, 0.717) is 5.69 Å². The molecule has 0 saturated heterocycles. The lowest BCUT2D eigenvalue weighted by Gasteiger charge is -2.12. The van der Waals surface area contributed by atoms with Crippen molar-refractivity contribution in [2.75, 3.05) is 5.32 Å². The summed E-state index contributed by atoms with van der Waals surface area (Å²) in [7, 11) is 0. The summed E-state index contributed by atoms with van der Waals surface area (Å²) >= 11 is 1.66. The molecule has 4 aromatic rings. The molecule has 4 nitrogen and oxygen atoms in total. The second-order valence-electron chi connectivity index (χ2n) is 7.95. The molecule has 0 unspecified atom stereocenters. The van der Waals surface area contributed by atoms with Crippen LogP contribution in [0.2, 0.25) is 0 Å². The first-order chi connectivity index (χ1) is 15.3. The lowest BCUT2D eigenvalue weighted by atomic mass is 9.97. The number of alkyl halides is 3. The smallest absolute Gasteiger partial charge is 0.324 e. The third-order valence-electron chi connectivity index (χ3n) is 5.56. The SMILES string of the molecule is Cc1cc(Nc2nccc(C(F)(F)F)n2)cc(-c2cnc(C3(c4ccccc4)CC3)s2)c1. The molecule has 1 fully saturated rings. The minimum absolute atomic E-state index is 0.000948. The molecule has 8 heteroatoms. The minimum Gasteiger partial charge on any atom is -0.324 e. The summed E-state index contributed by atoms with van der Waals surface area (Å²) in [5, 5.41) is 4.00. The molecule has 0 atom stereocenters. The van der Waals surface area contributed by atoms with Gasteiger partial charge >= 0.3 is 6.18 Å². The van der Waals surface area contributed by atoms with Crippen molar-refractivity contribution >= 4 is 23.0 Å². The van der Waals surface area contributed by atoms with Gasteiger partial charge in [0.1, 0.15) is 10.7 Å². The molecule has 0 amide bonds. The number of nitrogens with zero attached hydrogens (tertiary/aromatic N) is 3. The van der Waals surface area contributed by atoms with Gasteiger partial charge in [-0.25, -0.2) is 15.0 Å². The van der Waals surface area contributed by atoms with E-state index in [1.807, 2.05) is 37.4 Å². The zero-order valence-electron chi connectivity index (χ0n) is 17.1. The Bertz CT molecular complexity index is 1260. The summed E-state index contributed by atoms with van der Waals surface area (Å²) in [4.78, 5) is 13.3. The monoisotopic (exact) mass is 452 g/mol. The van der Waals surface area contributed by atoms with Crippen LogP contribution in [0.25, 0.3) is 10.4 Å². The fraction of sp³-hybridized carbons (Fsp3) is 0.208. The number of anilines is 2. The van der Waals surface area contributed by atoms with Crippen molar-refractivity contribution in [3.63, 3.8) is 0 Å². The first-order valence-electron chi connectivity index (χ1n) is 10.1. The third kappa shape index (κ3) is 3.98. The standard InChI is InChI=1S/C24H19F3N4S/c1-15-11-16(13-18(12-15)30-22-28-10-7-20(31-22)24(25,26)27)19-14-29-21(32-19)23(8-9-23)17-5-3-2-4-6-17/h2-7,10-14H,8-9H2,1H3,(H,28,30,31). The molecule has 2 aromatic heterocycles. The molecule has 0 aliphatic heterocycles. The van der Waals surface area contributed by atoms with Gasteiger partial charge in [-0.2, -0.15) is 13.2 Å². The summed E-state index contributed by atoms with van der Waals surface area (Å²) in [6.45, 7) is 1.94. The summed E-state index contributed by atoms with van der Waals surface area (Å²) in [5.41, 5.74) is 2.85. The number of hydrogen-bond acceptors (Lipinski definition) is 5. The van der Waals surface area contributed by atoms with Gasteiger partial charge in [0.2, 0.25) is 5.95 Å². The summed E-state index contributed by atoms with van der Waals surface area (Å²) < 4.78 is 38.9. The Hall–Kier alpha value is -3.26. The van der Waals surface area contributed by atoms with Crippen LogP contribution in [0.15, 0.2) is 67.0 Å². The van der Waals surface area contributed by atoms with E-state index in [-0.39, 0.29) is 11.4 Å². The lowest BCUT2D eigenvalue weighted by molar-refractivity contribution is -0.141. The maximum atomic E-state index is 13.0. The van der Waals surface area contributed by atoms with Crippen molar-refractivity contribution in [1.29, 1.82) is 0 Å². The topological polar surface area (TPSA) is 50.7 Å². The molecule has 0 bridgehead atoms. The Labute approximate surface area is 187 Å². The van der Waals surface area contributed by atoms with Crippen LogP contribution in [0.5, 0.6) is 0 Å². The molecule has 0 radical (unpaired) electrons. The van der Waals surface area contributed by atoms with E-state index < -0.39 is 11.9 Å². The maximum Gasteiger partial charge on any atom is 0.433 e. The van der Waals surface area contributed by atoms with Gasteiger partial charge in [-0.3, -0.25) is 0 Å². The van der Waals surface area contributed by atoms with E-state index in [1.54, 1.807) is 11.3 Å². The highest BCUT2D eigenvalue weighted by molar-refractivity contribution is 7.15. The molecule has 162 valence electrons. The summed E-state index contributed by atoms with van der Waals surface area (Å²) in [5.74, 6) is -0.0950. The largest absolute Gasteiger partial charge is 0.433 e. The highest BCUT2D eigenvalue weighted by Gasteiger charge is 2.48. The molecule has 2 aromatic carbocycles. The first kappa shape index (κ1) is 20.6. The van der Waals surface area contributed by atoms with Gasteiger partial charge in [0.05, 0.1) is 4.88 Å². The van der Waals surface area contributed by atoms with Crippen LogP contribution in [0.3, 0.4) is 0 Å². The summed E-state index contributed by atoms with van der Waals surface area (Å²) in [6, 6.07) is 17.1. The molecular weight excluding hydrogens is 433 g/mol. The van der Waals surface area contributed by atoms with Crippen molar-refractivity contribution in [3.8, 4) is 10.4 Å². The Kier molecular flexibility index (Phi) is 4.97. The number of aromatic nitrogens is 3. The van der Waals surface area contributed by atoms with Gasteiger partial charge in [0.15, 0.2) is 0 Å². The molecule has 1 aliphatic carbocycles. The van der Waals surface area contributed by atoms with Gasteiger partial charge in [0, 0.05) is 23.5 Å². The third-order valence-corrected chi connectivity index (χ3v) is 6.81. The van der Waals surface area contributed by atoms with Crippen molar-refractivity contribution < 1.29 is 13.2 Å². The molecule has 1 N–H and O–H groups in total. The lowest BCUT2D eigenvalue weighted by Crippen LogP contribution is -2.10. The van der Waals surface area contributed by atoms with Crippen molar-refractivity contribution in [3.05, 3.63) is 88.8 Å². The van der Waals surface area contributed by atoms with Gasteiger partial charge in [-0.05, 0) is 54.7 Å². The quantitative estimate of drug-likeness (QED) is 0.364. The zero-order valence-corrected chi connectivity index (χ0v) is 18.0. The van der Waals surface area contributed by atoms with Gasteiger partial charge in [-0.1, -0.05) is 36.4 Å². The van der Waals surface area contributed by atoms with E-state index in [1.165, 1.54) is 5.56 Å². The molecule has 0 spiro atoms. The minimum atomic E-state index is -4.52. The van der Waals surface area contributed by atoms with Crippen LogP contribution in [0.1, 0.15) is 34.7 Å². The predicted octanol–water partition coefficient (Wildman–Crippen LogP) is 6.75. The van der Waals surface area contributed by atoms with Crippen LogP contribution < -0.4 is 5.32 Å². The van der Waals surface area contributed by atoms with E-state index >= 15 is 0 Å². The highest BCUT2D eigenvalue weighted by atomic mass is 32.1. The number of benzene rings is 2. The Morgan fingerprint density at radius 3 is 2.50 bits per heavy atom. The molecule has 2 heterocycles. The molecular formula is C24H19F3N4S. The molecule has 5 rings (SSSR count). The van der Waals surface area contributed by atoms with Gasteiger partial charge in [-0.15, -0.1) is 11.3 Å². The second kappa shape index (κ2) is 7.70. The number of nitrogens with one attached hydrogen (secondary N) is 1. The van der Waals surface area contributed by atoms with Crippen LogP contribution in [-0.4, -0.2) is 15.0 Å². The average Bonchev–Trinajstić information content (AvgIpc) is 3.43. The normalized spacial score (nSPS) is 14.9. The maximum absolute atomic E-state index is 13.0. The summed E-state index contributed by atoms with van der Waals surface area (Å²) in [6.07, 6.45) is 0.619.